The lowest BCUT2D eigenvalue weighted by Gasteiger charge is -2.27. The summed E-state index contributed by atoms with van der Waals surface area (Å²) in [4.78, 5) is 41.3. The van der Waals surface area contributed by atoms with Crippen LogP contribution in [0.3, 0.4) is 0 Å². The van der Waals surface area contributed by atoms with E-state index in [1.807, 2.05) is 69.5 Å². The van der Waals surface area contributed by atoms with Crippen LogP contribution in [0.2, 0.25) is 5.02 Å². The van der Waals surface area contributed by atoms with Gasteiger partial charge < -0.3 is 30.2 Å². The normalized spacial score (nSPS) is 13.7. The molecule has 1 aliphatic rings. The predicted molar refractivity (Wildman–Crippen MR) is 156 cm³/mol. The summed E-state index contributed by atoms with van der Waals surface area (Å²) >= 11 is 5.91. The van der Waals surface area contributed by atoms with Crippen molar-refractivity contribution in [3.8, 4) is 0 Å². The molecule has 38 heavy (non-hydrogen) atoms. The number of hydrogen-bond acceptors (Lipinski definition) is 5. The Kier molecular flexibility index (Phi) is 12.3. The Labute approximate surface area is 230 Å². The van der Waals surface area contributed by atoms with E-state index >= 15 is 0 Å². The van der Waals surface area contributed by atoms with E-state index in [1.54, 1.807) is 0 Å². The number of carbonyl (C=O) groups is 3. The highest BCUT2D eigenvalue weighted by atomic mass is 35.5. The molecule has 3 N–H and O–H groups in total. The highest BCUT2D eigenvalue weighted by molar-refractivity contribution is 6.30. The molecule has 0 radical (unpaired) electrons. The van der Waals surface area contributed by atoms with Gasteiger partial charge in [0, 0.05) is 54.2 Å². The van der Waals surface area contributed by atoms with Crippen molar-refractivity contribution in [3.05, 3.63) is 64.8 Å². The summed E-state index contributed by atoms with van der Waals surface area (Å²) in [5, 5.41) is 6.92. The largest absolute Gasteiger partial charge is 0.374 e. The van der Waals surface area contributed by atoms with E-state index in [9.17, 15) is 14.4 Å². The molecule has 4 rings (SSSR count). The highest BCUT2D eigenvalue weighted by Gasteiger charge is 2.22. The van der Waals surface area contributed by atoms with Crippen LogP contribution in [0.1, 0.15) is 37.3 Å². The van der Waals surface area contributed by atoms with Crippen molar-refractivity contribution >= 4 is 46.3 Å². The number of aromatic nitrogens is 1. The molecule has 2 heterocycles. The van der Waals surface area contributed by atoms with Crippen molar-refractivity contribution < 1.29 is 14.4 Å². The zero-order chi connectivity index (χ0) is 28.2. The molecule has 2 unspecified atom stereocenters. The summed E-state index contributed by atoms with van der Waals surface area (Å²) in [6.45, 7) is 4.24. The number of nitrogens with zero attached hydrogens (tertiary/aromatic N) is 2. The van der Waals surface area contributed by atoms with E-state index < -0.39 is 6.04 Å². The molecule has 8 nitrogen and oxygen atoms in total. The first-order valence-electron chi connectivity index (χ1n) is 12.7. The molecule has 2 aromatic carbocycles. The molecule has 0 spiro atoms. The van der Waals surface area contributed by atoms with E-state index in [4.69, 9.17) is 11.6 Å². The van der Waals surface area contributed by atoms with Crippen LogP contribution < -0.4 is 15.5 Å². The number of rotatable bonds is 6. The van der Waals surface area contributed by atoms with Gasteiger partial charge >= 0.3 is 0 Å². The van der Waals surface area contributed by atoms with Gasteiger partial charge in [0.15, 0.2) is 0 Å². The number of nitrogens with one attached hydrogen (secondary N) is 3. The molecule has 0 bridgehead atoms. The zero-order valence-electron chi connectivity index (χ0n) is 23.2. The third-order valence-corrected chi connectivity index (χ3v) is 6.25. The third kappa shape index (κ3) is 9.50. The van der Waals surface area contributed by atoms with Crippen LogP contribution in [0.25, 0.3) is 10.9 Å². The monoisotopic (exact) mass is 541 g/mol. The minimum Gasteiger partial charge on any atom is -0.374 e. The Balaban J connectivity index is 0.000000263. The quantitative estimate of drug-likeness (QED) is 0.410. The summed E-state index contributed by atoms with van der Waals surface area (Å²) in [5.74, 6) is -0.864. The fraction of sp³-hybridized carbons (Fsp3) is 0.414. The van der Waals surface area contributed by atoms with E-state index in [0.29, 0.717) is 0 Å². The van der Waals surface area contributed by atoms with Gasteiger partial charge in [-0.05, 0) is 69.4 Å². The number of amides is 2. The van der Waals surface area contributed by atoms with Gasteiger partial charge in [0.25, 0.3) is 0 Å². The lowest BCUT2D eigenvalue weighted by molar-refractivity contribution is -0.126. The van der Waals surface area contributed by atoms with Gasteiger partial charge in [-0.15, -0.1) is 0 Å². The first-order chi connectivity index (χ1) is 18.0. The average molecular weight is 542 g/mol. The van der Waals surface area contributed by atoms with Gasteiger partial charge in [-0.1, -0.05) is 36.7 Å². The van der Waals surface area contributed by atoms with Crippen molar-refractivity contribution in [2.75, 3.05) is 46.2 Å². The molecule has 0 saturated heterocycles. The Morgan fingerprint density at radius 2 is 1.87 bits per heavy atom. The van der Waals surface area contributed by atoms with E-state index in [-0.39, 0.29) is 24.3 Å². The number of hydrogen-bond donors (Lipinski definition) is 3. The Hall–Kier alpha value is -3.36. The summed E-state index contributed by atoms with van der Waals surface area (Å²) in [6.07, 6.45) is 4.98. The van der Waals surface area contributed by atoms with Crippen LogP contribution in [0.15, 0.2) is 48.7 Å². The van der Waals surface area contributed by atoms with Crippen molar-refractivity contribution in [2.45, 2.75) is 38.6 Å². The Bertz CT molecular complexity index is 1210. The molecule has 206 valence electrons. The van der Waals surface area contributed by atoms with E-state index in [2.05, 4.69) is 39.7 Å². The summed E-state index contributed by atoms with van der Waals surface area (Å²) in [6, 6.07) is 13.3. The van der Waals surface area contributed by atoms with Crippen molar-refractivity contribution in [2.24, 2.45) is 0 Å². The van der Waals surface area contributed by atoms with Crippen LogP contribution in [-0.2, 0) is 20.8 Å². The maximum Gasteiger partial charge on any atom is 0.239 e. The van der Waals surface area contributed by atoms with Crippen molar-refractivity contribution in [1.82, 2.24) is 20.5 Å². The second-order valence-corrected chi connectivity index (χ2v) is 10.3. The predicted octanol–water partition coefficient (Wildman–Crippen LogP) is 3.99. The summed E-state index contributed by atoms with van der Waals surface area (Å²) in [7, 11) is 8.13. The number of aromatic amines is 1. The number of anilines is 1. The number of benzene rings is 2. The molecule has 9 heteroatoms. The first-order valence-corrected chi connectivity index (χ1v) is 13.1. The average Bonchev–Trinajstić information content (AvgIpc) is 3.30. The minimum absolute atomic E-state index is 0.139. The molecule has 2 amide bonds. The second kappa shape index (κ2) is 15.1. The van der Waals surface area contributed by atoms with Crippen LogP contribution in [0, 0.1) is 0 Å². The molecule has 0 saturated carbocycles. The number of fused-ring (bicyclic) bond motifs is 2. The molecule has 0 aliphatic carbocycles. The summed E-state index contributed by atoms with van der Waals surface area (Å²) in [5.41, 5.74) is 4.67. The SMILES string of the molecule is CC(=O)NCC(=O)NC(C=O)C(C)c1c[nH]c2ccccc12.CN(C)C.CN1CCCc2cc(Cl)ccc21. The summed E-state index contributed by atoms with van der Waals surface area (Å²) < 4.78 is 0. The highest BCUT2D eigenvalue weighted by Crippen LogP contribution is 2.28. The number of H-pyrrole nitrogens is 1. The maximum atomic E-state index is 11.8. The molecular formula is C29H40ClN5O3. The standard InChI is InChI=1S/C16H19N3O3.C10H12ClN.C3H9N/c1-10(13-7-18-14-6-4-3-5-12(13)14)15(9-20)19-16(22)8-17-11(2)21;1-12-6-2-3-8-7-9(11)4-5-10(8)12;1-4(2)3/h3-7,9-10,15,18H,8H2,1-2H3,(H,17,21)(H,19,22);4-5,7H,2-3,6H2,1H3;1-3H3. The topological polar surface area (TPSA) is 97.5 Å². The van der Waals surface area contributed by atoms with Gasteiger partial charge in [0.2, 0.25) is 11.8 Å². The van der Waals surface area contributed by atoms with E-state index in [0.717, 1.165) is 34.3 Å². The molecule has 2 atom stereocenters. The smallest absolute Gasteiger partial charge is 0.239 e. The van der Waals surface area contributed by atoms with Gasteiger partial charge in [-0.2, -0.15) is 0 Å². The maximum absolute atomic E-state index is 11.8. The number of carbonyl (C=O) groups excluding carboxylic acids is 3. The van der Waals surface area contributed by atoms with Gasteiger partial charge in [-0.3, -0.25) is 9.59 Å². The van der Waals surface area contributed by atoms with Crippen LogP contribution >= 0.6 is 11.6 Å². The van der Waals surface area contributed by atoms with Gasteiger partial charge in [0.1, 0.15) is 6.29 Å². The van der Waals surface area contributed by atoms with Crippen LogP contribution in [0.5, 0.6) is 0 Å². The molecule has 1 aromatic heterocycles. The Morgan fingerprint density at radius 3 is 2.53 bits per heavy atom. The molecule has 0 fully saturated rings. The van der Waals surface area contributed by atoms with Crippen LogP contribution in [0.4, 0.5) is 5.69 Å². The lowest BCUT2D eigenvalue weighted by Crippen LogP contribution is -2.44. The second-order valence-electron chi connectivity index (χ2n) is 9.86. The number of halogens is 1. The molecular weight excluding hydrogens is 502 g/mol. The third-order valence-electron chi connectivity index (χ3n) is 6.02. The number of aldehydes is 1. The van der Waals surface area contributed by atoms with E-state index in [1.165, 1.54) is 31.0 Å². The number of aryl methyl sites for hydroxylation is 1. The lowest BCUT2D eigenvalue weighted by atomic mass is 9.93. The number of para-hydroxylation sites is 1. The fourth-order valence-electron chi connectivity index (χ4n) is 4.14. The minimum atomic E-state index is -0.652. The van der Waals surface area contributed by atoms with Crippen molar-refractivity contribution in [3.63, 3.8) is 0 Å². The fourth-order valence-corrected chi connectivity index (χ4v) is 4.33. The van der Waals surface area contributed by atoms with Crippen molar-refractivity contribution in [1.29, 1.82) is 0 Å². The van der Waals surface area contributed by atoms with Crippen LogP contribution in [-0.4, -0.2) is 75.3 Å². The van der Waals surface area contributed by atoms with Gasteiger partial charge in [-0.25, -0.2) is 0 Å². The Morgan fingerprint density at radius 1 is 1.18 bits per heavy atom. The van der Waals surface area contributed by atoms with Gasteiger partial charge in [0.05, 0.1) is 12.6 Å². The zero-order valence-corrected chi connectivity index (χ0v) is 23.9. The first kappa shape index (κ1) is 30.9. The molecule has 3 aromatic rings. The molecule has 1 aliphatic heterocycles.